The third-order valence-corrected chi connectivity index (χ3v) is 3.99. The predicted octanol–water partition coefficient (Wildman–Crippen LogP) is 4.32. The van der Waals surface area contributed by atoms with Crippen molar-refractivity contribution in [2.24, 2.45) is 0 Å². The first-order valence-corrected chi connectivity index (χ1v) is 7.40. The molecule has 1 amide bonds. The van der Waals surface area contributed by atoms with E-state index in [1.807, 2.05) is 18.2 Å². The number of aryl methyl sites for hydroxylation is 1. The summed E-state index contributed by atoms with van der Waals surface area (Å²) in [4.78, 5) is 12.2. The zero-order valence-electron chi connectivity index (χ0n) is 10.1. The highest BCUT2D eigenvalue weighted by molar-refractivity contribution is 14.1. The Morgan fingerprint density at radius 1 is 1.26 bits per heavy atom. The van der Waals surface area contributed by atoms with Crippen molar-refractivity contribution in [2.45, 2.75) is 6.92 Å². The van der Waals surface area contributed by atoms with Gasteiger partial charge in [-0.2, -0.15) is 0 Å². The first-order chi connectivity index (χ1) is 8.97. The number of halogens is 2. The van der Waals surface area contributed by atoms with Gasteiger partial charge in [0.15, 0.2) is 0 Å². The number of rotatable bonds is 2. The topological polar surface area (TPSA) is 49.3 Å². The molecule has 0 radical (unpaired) electrons. The van der Waals surface area contributed by atoms with Crippen LogP contribution in [0.5, 0.6) is 5.75 Å². The Hall–Kier alpha value is -1.08. The third kappa shape index (κ3) is 3.48. The molecule has 0 atom stereocenters. The lowest BCUT2D eigenvalue weighted by atomic mass is 10.1. The van der Waals surface area contributed by atoms with Crippen LogP contribution >= 0.6 is 38.5 Å². The zero-order chi connectivity index (χ0) is 14.0. The van der Waals surface area contributed by atoms with Gasteiger partial charge in [0, 0.05) is 13.7 Å². The van der Waals surface area contributed by atoms with Crippen LogP contribution in [0.15, 0.2) is 40.9 Å². The van der Waals surface area contributed by atoms with Crippen molar-refractivity contribution >= 4 is 50.1 Å². The smallest absolute Gasteiger partial charge is 0.256 e. The number of amides is 1. The van der Waals surface area contributed by atoms with Crippen LogP contribution in [-0.4, -0.2) is 11.0 Å². The lowest BCUT2D eigenvalue weighted by molar-refractivity contribution is 0.102. The Labute approximate surface area is 133 Å². The van der Waals surface area contributed by atoms with E-state index in [4.69, 9.17) is 0 Å². The normalized spacial score (nSPS) is 10.3. The molecule has 0 saturated heterocycles. The Morgan fingerprint density at radius 2 is 2.00 bits per heavy atom. The van der Waals surface area contributed by atoms with E-state index < -0.39 is 0 Å². The van der Waals surface area contributed by atoms with Crippen molar-refractivity contribution in [3.05, 3.63) is 55.6 Å². The molecule has 98 valence electrons. The van der Waals surface area contributed by atoms with E-state index in [2.05, 4.69) is 43.8 Å². The first-order valence-electron chi connectivity index (χ1n) is 5.53. The van der Waals surface area contributed by atoms with Gasteiger partial charge in [-0.25, -0.2) is 0 Å². The fourth-order valence-electron chi connectivity index (χ4n) is 1.60. The quantitative estimate of drug-likeness (QED) is 0.549. The molecule has 0 aliphatic carbocycles. The van der Waals surface area contributed by atoms with Crippen molar-refractivity contribution in [1.29, 1.82) is 0 Å². The fraction of sp³-hybridized carbons (Fsp3) is 0.0714. The summed E-state index contributed by atoms with van der Waals surface area (Å²) in [6.07, 6.45) is 0. The van der Waals surface area contributed by atoms with E-state index in [1.165, 1.54) is 0 Å². The van der Waals surface area contributed by atoms with E-state index in [0.717, 1.165) is 13.6 Å². The molecule has 0 saturated carbocycles. The molecule has 2 aromatic carbocycles. The summed E-state index contributed by atoms with van der Waals surface area (Å²) in [6, 6.07) is 10.5. The molecule has 0 spiro atoms. The maximum atomic E-state index is 12.2. The number of anilines is 1. The fourth-order valence-corrected chi connectivity index (χ4v) is 2.52. The third-order valence-electron chi connectivity index (χ3n) is 2.63. The molecule has 0 unspecified atom stereocenters. The molecule has 0 aliphatic rings. The van der Waals surface area contributed by atoms with E-state index in [9.17, 15) is 9.90 Å². The number of aromatic hydroxyl groups is 1. The molecule has 5 heteroatoms. The van der Waals surface area contributed by atoms with Crippen LogP contribution in [0.4, 0.5) is 5.69 Å². The largest absolute Gasteiger partial charge is 0.508 e. The Bertz CT molecular complexity index is 643. The molecular weight excluding hydrogens is 421 g/mol. The molecule has 0 aromatic heterocycles. The number of hydrogen-bond donors (Lipinski definition) is 2. The van der Waals surface area contributed by atoms with Crippen molar-refractivity contribution in [3.8, 4) is 5.75 Å². The lowest BCUT2D eigenvalue weighted by Crippen LogP contribution is -2.12. The highest BCUT2D eigenvalue weighted by atomic mass is 127. The molecule has 0 aliphatic heterocycles. The van der Waals surface area contributed by atoms with Gasteiger partial charge < -0.3 is 10.4 Å². The average Bonchev–Trinajstić information content (AvgIpc) is 2.36. The molecule has 2 N–H and O–H groups in total. The Morgan fingerprint density at radius 3 is 2.68 bits per heavy atom. The number of phenolic OH excluding ortho intramolecular Hbond substituents is 1. The SMILES string of the molecule is Cc1cc(NC(=O)c2cc(I)ccc2Br)ccc1O. The van der Waals surface area contributed by atoms with E-state index in [-0.39, 0.29) is 11.7 Å². The van der Waals surface area contributed by atoms with Crippen LogP contribution in [0.25, 0.3) is 0 Å². The van der Waals surface area contributed by atoms with Crippen molar-refractivity contribution in [3.63, 3.8) is 0 Å². The molecule has 0 bridgehead atoms. The van der Waals surface area contributed by atoms with Crippen LogP contribution in [0, 0.1) is 10.5 Å². The van der Waals surface area contributed by atoms with Crippen LogP contribution < -0.4 is 5.32 Å². The minimum atomic E-state index is -0.185. The summed E-state index contributed by atoms with van der Waals surface area (Å²) in [7, 11) is 0. The molecular formula is C14H11BrINO2. The van der Waals surface area contributed by atoms with Crippen molar-refractivity contribution in [1.82, 2.24) is 0 Å². The summed E-state index contributed by atoms with van der Waals surface area (Å²) < 4.78 is 1.74. The van der Waals surface area contributed by atoms with Gasteiger partial charge in [0.2, 0.25) is 0 Å². The highest BCUT2D eigenvalue weighted by Gasteiger charge is 2.11. The van der Waals surface area contributed by atoms with Crippen molar-refractivity contribution < 1.29 is 9.90 Å². The highest BCUT2D eigenvalue weighted by Crippen LogP contribution is 2.23. The maximum absolute atomic E-state index is 12.2. The first kappa shape index (κ1) is 14.3. The van der Waals surface area contributed by atoms with E-state index in [0.29, 0.717) is 11.3 Å². The second-order valence-electron chi connectivity index (χ2n) is 4.08. The van der Waals surface area contributed by atoms with E-state index >= 15 is 0 Å². The van der Waals surface area contributed by atoms with Crippen LogP contribution in [0.3, 0.4) is 0 Å². The van der Waals surface area contributed by atoms with Gasteiger partial charge in [0.1, 0.15) is 5.75 Å². The van der Waals surface area contributed by atoms with Crippen LogP contribution in [0.2, 0.25) is 0 Å². The number of benzene rings is 2. The minimum absolute atomic E-state index is 0.185. The molecule has 0 heterocycles. The number of hydrogen-bond acceptors (Lipinski definition) is 2. The number of nitrogens with one attached hydrogen (secondary N) is 1. The Kier molecular flexibility index (Phi) is 4.46. The van der Waals surface area contributed by atoms with Crippen LogP contribution in [-0.2, 0) is 0 Å². The summed E-state index contributed by atoms with van der Waals surface area (Å²) in [6.45, 7) is 1.78. The van der Waals surface area contributed by atoms with E-state index in [1.54, 1.807) is 25.1 Å². The standard InChI is InChI=1S/C14H11BrINO2/c1-8-6-10(3-5-13(8)18)17-14(19)11-7-9(16)2-4-12(11)15/h2-7,18H,1H3,(H,17,19). The summed E-state index contributed by atoms with van der Waals surface area (Å²) in [5, 5.41) is 12.3. The molecule has 0 fully saturated rings. The van der Waals surface area contributed by atoms with Gasteiger partial charge in [-0.3, -0.25) is 4.79 Å². The predicted molar refractivity (Wildman–Crippen MR) is 87.7 cm³/mol. The second-order valence-corrected chi connectivity index (χ2v) is 6.18. The number of carbonyl (C=O) groups excluding carboxylic acids is 1. The summed E-state index contributed by atoms with van der Waals surface area (Å²) >= 11 is 5.53. The Balaban J connectivity index is 2.25. The number of phenols is 1. The van der Waals surface area contributed by atoms with Crippen molar-refractivity contribution in [2.75, 3.05) is 5.32 Å². The summed E-state index contributed by atoms with van der Waals surface area (Å²) in [5.74, 6) is 0.0314. The van der Waals surface area contributed by atoms with Gasteiger partial charge in [-0.1, -0.05) is 0 Å². The average molecular weight is 432 g/mol. The van der Waals surface area contributed by atoms with Gasteiger partial charge in [0.05, 0.1) is 5.56 Å². The maximum Gasteiger partial charge on any atom is 0.256 e. The molecule has 3 nitrogen and oxygen atoms in total. The van der Waals surface area contributed by atoms with Gasteiger partial charge in [-0.05, 0) is 87.4 Å². The summed E-state index contributed by atoms with van der Waals surface area (Å²) in [5.41, 5.74) is 1.96. The van der Waals surface area contributed by atoms with Gasteiger partial charge >= 0.3 is 0 Å². The number of carbonyl (C=O) groups is 1. The monoisotopic (exact) mass is 431 g/mol. The van der Waals surface area contributed by atoms with Gasteiger partial charge in [0.25, 0.3) is 5.91 Å². The van der Waals surface area contributed by atoms with Crippen LogP contribution in [0.1, 0.15) is 15.9 Å². The second kappa shape index (κ2) is 5.92. The molecule has 19 heavy (non-hydrogen) atoms. The lowest BCUT2D eigenvalue weighted by Gasteiger charge is -2.08. The van der Waals surface area contributed by atoms with Gasteiger partial charge in [-0.15, -0.1) is 0 Å². The minimum Gasteiger partial charge on any atom is -0.508 e. The zero-order valence-corrected chi connectivity index (χ0v) is 13.8. The molecule has 2 aromatic rings. The molecule has 2 rings (SSSR count).